The Morgan fingerprint density at radius 1 is 0.600 bits per heavy atom. The van der Waals surface area contributed by atoms with Gasteiger partial charge in [-0.1, -0.05) is 0 Å². The lowest BCUT2D eigenvalue weighted by atomic mass is 9.92. The Hall–Kier alpha value is -1.30. The molecule has 0 unspecified atom stereocenters. The molecule has 0 atom stereocenters. The summed E-state index contributed by atoms with van der Waals surface area (Å²) in [6, 6.07) is 0. The summed E-state index contributed by atoms with van der Waals surface area (Å²) >= 11 is 0. The molecule has 0 aromatic rings. The summed E-state index contributed by atoms with van der Waals surface area (Å²) in [6.07, 6.45) is -0.108. The minimum Gasteiger partial charge on any atom is -0.465 e. The van der Waals surface area contributed by atoms with Crippen LogP contribution in [0.25, 0.3) is 0 Å². The van der Waals surface area contributed by atoms with Gasteiger partial charge >= 0.3 is 11.9 Å². The number of rotatable bonds is 14. The van der Waals surface area contributed by atoms with Crippen LogP contribution in [0, 0.1) is 10.8 Å². The van der Waals surface area contributed by atoms with E-state index in [0.29, 0.717) is 0 Å². The van der Waals surface area contributed by atoms with Crippen LogP contribution >= 0.6 is 0 Å². The van der Waals surface area contributed by atoms with Gasteiger partial charge in [0.15, 0.2) is 0 Å². The van der Waals surface area contributed by atoms with Crippen LogP contribution in [-0.4, -0.2) is 95.4 Å². The number of ether oxygens (including phenoxy) is 2. The van der Waals surface area contributed by atoms with E-state index in [-0.39, 0.29) is 32.5 Å². The third-order valence-electron chi connectivity index (χ3n) is 3.85. The normalized spacial score (nSPS) is 12.1. The molecule has 10 heteroatoms. The Labute approximate surface area is 145 Å². The lowest BCUT2D eigenvalue weighted by Crippen LogP contribution is -2.39. The van der Waals surface area contributed by atoms with Gasteiger partial charge in [0.25, 0.3) is 0 Å². The van der Waals surface area contributed by atoms with E-state index in [1.165, 1.54) is 0 Å². The summed E-state index contributed by atoms with van der Waals surface area (Å²) in [5.41, 5.74) is -2.62. The third kappa shape index (κ3) is 8.08. The zero-order valence-electron chi connectivity index (χ0n) is 14.1. The number of aliphatic hydroxyl groups excluding tert-OH is 6. The zero-order valence-corrected chi connectivity index (χ0v) is 14.1. The predicted octanol–water partition coefficient (Wildman–Crippen LogP) is -2.83. The first-order valence-corrected chi connectivity index (χ1v) is 7.83. The Balaban J connectivity index is 4.10. The van der Waals surface area contributed by atoms with Gasteiger partial charge in [-0.05, 0) is 6.42 Å². The first kappa shape index (κ1) is 23.7. The van der Waals surface area contributed by atoms with Crippen molar-refractivity contribution in [1.29, 1.82) is 0 Å². The largest absolute Gasteiger partial charge is 0.465 e. The number of carbonyl (C=O) groups excluding carboxylic acids is 2. The average molecular weight is 368 g/mol. The van der Waals surface area contributed by atoms with Crippen LogP contribution in [0.1, 0.15) is 19.3 Å². The van der Waals surface area contributed by atoms with Crippen molar-refractivity contribution in [2.24, 2.45) is 10.8 Å². The topological polar surface area (TPSA) is 174 Å². The molecule has 0 heterocycles. The Morgan fingerprint density at radius 3 is 1.12 bits per heavy atom. The summed E-state index contributed by atoms with van der Waals surface area (Å²) < 4.78 is 9.72. The van der Waals surface area contributed by atoms with Gasteiger partial charge in [0.1, 0.15) is 13.2 Å². The standard InChI is InChI=1S/C15H28O10/c16-4-14(5-17,6-18)10-24-12(22)2-1-3-13(23)25-11-15(7-19,8-20)9-21/h16-21H,1-11H2. The fourth-order valence-corrected chi connectivity index (χ4v) is 1.56. The Morgan fingerprint density at radius 2 is 0.880 bits per heavy atom. The van der Waals surface area contributed by atoms with E-state index in [2.05, 4.69) is 0 Å². The van der Waals surface area contributed by atoms with Gasteiger partial charge in [0.2, 0.25) is 0 Å². The highest BCUT2D eigenvalue weighted by molar-refractivity contribution is 5.72. The molecule has 0 radical (unpaired) electrons. The van der Waals surface area contributed by atoms with Gasteiger partial charge in [0, 0.05) is 12.8 Å². The number of aliphatic hydroxyl groups is 6. The molecule has 0 aromatic heterocycles. The molecule has 0 fully saturated rings. The summed E-state index contributed by atoms with van der Waals surface area (Å²) in [4.78, 5) is 23.1. The van der Waals surface area contributed by atoms with Gasteiger partial charge in [-0.2, -0.15) is 0 Å². The van der Waals surface area contributed by atoms with Crippen molar-refractivity contribution in [1.82, 2.24) is 0 Å². The molecule has 0 aromatic carbocycles. The van der Waals surface area contributed by atoms with Crippen molar-refractivity contribution in [3.05, 3.63) is 0 Å². The number of carbonyl (C=O) groups is 2. The van der Waals surface area contributed by atoms with E-state index in [1.807, 2.05) is 0 Å². The van der Waals surface area contributed by atoms with Crippen molar-refractivity contribution in [3.63, 3.8) is 0 Å². The molecule has 0 aliphatic rings. The van der Waals surface area contributed by atoms with Crippen LogP contribution in [0.5, 0.6) is 0 Å². The van der Waals surface area contributed by atoms with Crippen LogP contribution in [0.4, 0.5) is 0 Å². The molecule has 0 amide bonds. The second kappa shape index (κ2) is 12.1. The number of esters is 2. The first-order valence-electron chi connectivity index (χ1n) is 7.83. The molecule has 0 rings (SSSR count). The van der Waals surface area contributed by atoms with Gasteiger partial charge in [-0.15, -0.1) is 0 Å². The smallest absolute Gasteiger partial charge is 0.305 e. The van der Waals surface area contributed by atoms with Crippen molar-refractivity contribution in [2.45, 2.75) is 19.3 Å². The van der Waals surface area contributed by atoms with Crippen LogP contribution in [0.2, 0.25) is 0 Å². The van der Waals surface area contributed by atoms with Gasteiger partial charge in [0.05, 0.1) is 50.5 Å². The maximum absolute atomic E-state index is 11.6. The second-order valence-corrected chi connectivity index (χ2v) is 6.12. The lowest BCUT2D eigenvalue weighted by Gasteiger charge is -2.26. The predicted molar refractivity (Wildman–Crippen MR) is 83.1 cm³/mol. The van der Waals surface area contributed by atoms with Gasteiger partial charge < -0.3 is 40.1 Å². The van der Waals surface area contributed by atoms with E-state index < -0.39 is 62.4 Å². The fourth-order valence-electron chi connectivity index (χ4n) is 1.56. The molecular weight excluding hydrogens is 340 g/mol. The number of hydrogen-bond donors (Lipinski definition) is 6. The van der Waals surface area contributed by atoms with Crippen LogP contribution in [0.15, 0.2) is 0 Å². The highest BCUT2D eigenvalue weighted by atomic mass is 16.5. The molecule has 25 heavy (non-hydrogen) atoms. The molecular formula is C15H28O10. The quantitative estimate of drug-likeness (QED) is 0.175. The maximum Gasteiger partial charge on any atom is 0.305 e. The molecule has 0 saturated heterocycles. The van der Waals surface area contributed by atoms with E-state index in [1.54, 1.807) is 0 Å². The minimum absolute atomic E-state index is 0.112. The van der Waals surface area contributed by atoms with Crippen molar-refractivity contribution >= 4 is 11.9 Å². The Kier molecular flexibility index (Phi) is 11.5. The molecule has 148 valence electrons. The molecule has 0 spiro atoms. The number of hydrogen-bond acceptors (Lipinski definition) is 10. The first-order chi connectivity index (χ1) is 11.9. The van der Waals surface area contributed by atoms with Gasteiger partial charge in [-0.3, -0.25) is 9.59 Å². The fraction of sp³-hybridized carbons (Fsp3) is 0.867. The van der Waals surface area contributed by atoms with E-state index in [0.717, 1.165) is 0 Å². The molecule has 6 N–H and O–H groups in total. The Bertz CT molecular complexity index is 337. The summed E-state index contributed by atoms with van der Waals surface area (Å²) in [5.74, 6) is -1.33. The van der Waals surface area contributed by atoms with E-state index in [4.69, 9.17) is 40.1 Å². The summed E-state index contributed by atoms with van der Waals surface area (Å²) in [7, 11) is 0. The van der Waals surface area contributed by atoms with Crippen molar-refractivity contribution in [2.75, 3.05) is 52.9 Å². The monoisotopic (exact) mass is 368 g/mol. The van der Waals surface area contributed by atoms with Crippen LogP contribution in [-0.2, 0) is 19.1 Å². The molecule has 0 aliphatic heterocycles. The van der Waals surface area contributed by atoms with E-state index in [9.17, 15) is 9.59 Å². The third-order valence-corrected chi connectivity index (χ3v) is 3.85. The minimum atomic E-state index is -1.31. The molecule has 0 saturated carbocycles. The maximum atomic E-state index is 11.6. The van der Waals surface area contributed by atoms with E-state index >= 15 is 0 Å². The van der Waals surface area contributed by atoms with Crippen molar-refractivity contribution in [3.8, 4) is 0 Å². The summed E-state index contributed by atoms with van der Waals surface area (Å²) in [6.45, 7) is -4.03. The average Bonchev–Trinajstić information content (AvgIpc) is 2.65. The highest BCUT2D eigenvalue weighted by Gasteiger charge is 2.31. The van der Waals surface area contributed by atoms with Gasteiger partial charge in [-0.25, -0.2) is 0 Å². The zero-order chi connectivity index (χ0) is 19.3. The van der Waals surface area contributed by atoms with Crippen LogP contribution < -0.4 is 0 Å². The second-order valence-electron chi connectivity index (χ2n) is 6.12. The van der Waals surface area contributed by atoms with Crippen molar-refractivity contribution < 1.29 is 49.7 Å². The lowest BCUT2D eigenvalue weighted by molar-refractivity contribution is -0.153. The highest BCUT2D eigenvalue weighted by Crippen LogP contribution is 2.17. The molecule has 0 aliphatic carbocycles. The SMILES string of the molecule is O=C(CCCC(=O)OCC(CO)(CO)CO)OCC(CO)(CO)CO. The summed E-state index contributed by atoms with van der Waals surface area (Å²) in [5, 5.41) is 54.6. The molecule has 10 nitrogen and oxygen atoms in total. The van der Waals surface area contributed by atoms with Crippen LogP contribution in [0.3, 0.4) is 0 Å². The molecule has 0 bridgehead atoms.